The zero-order valence-electron chi connectivity index (χ0n) is 17.1. The van der Waals surface area contributed by atoms with Gasteiger partial charge in [-0.3, -0.25) is 4.79 Å². The number of halogens is 3. The maximum Gasteiger partial charge on any atom is 0.436 e. The number of pyridine rings is 1. The minimum absolute atomic E-state index is 0.0519. The summed E-state index contributed by atoms with van der Waals surface area (Å²) in [5.41, 5.74) is -0.953. The average molecular weight is 466 g/mol. The van der Waals surface area contributed by atoms with Gasteiger partial charge in [-0.05, 0) is 48.6 Å². The van der Waals surface area contributed by atoms with Gasteiger partial charge in [0, 0.05) is 26.3 Å². The molecule has 0 bridgehead atoms. The van der Waals surface area contributed by atoms with Crippen LogP contribution in [0.5, 0.6) is 0 Å². The molecule has 0 aliphatic carbocycles. The highest BCUT2D eigenvalue weighted by atomic mass is 32.2. The number of amides is 1. The summed E-state index contributed by atoms with van der Waals surface area (Å²) in [6.07, 6.45) is -2.35. The van der Waals surface area contributed by atoms with Crippen LogP contribution in [-0.4, -0.2) is 48.4 Å². The molecule has 1 aromatic carbocycles. The first-order valence-corrected chi connectivity index (χ1v) is 11.4. The van der Waals surface area contributed by atoms with Crippen LogP contribution < -0.4 is 5.32 Å². The van der Waals surface area contributed by atoms with Gasteiger partial charge in [0.25, 0.3) is 5.91 Å². The molecule has 1 aliphatic rings. The zero-order valence-corrected chi connectivity index (χ0v) is 17.9. The van der Waals surface area contributed by atoms with Crippen molar-refractivity contribution >= 4 is 21.4 Å². The van der Waals surface area contributed by atoms with E-state index in [4.69, 9.17) is 0 Å². The number of hydrogen-bond acceptors (Lipinski definition) is 4. The van der Waals surface area contributed by atoms with Gasteiger partial charge < -0.3 is 5.32 Å². The Labute approximate surface area is 182 Å². The third-order valence-corrected chi connectivity index (χ3v) is 7.60. The van der Waals surface area contributed by atoms with Crippen molar-refractivity contribution in [3.05, 3.63) is 65.5 Å². The van der Waals surface area contributed by atoms with Crippen molar-refractivity contribution in [3.63, 3.8) is 0 Å². The number of piperidine rings is 1. The fraction of sp³-hybridized carbons (Fsp3) is 0.333. The van der Waals surface area contributed by atoms with Crippen LogP contribution in [-0.2, 0) is 16.2 Å². The van der Waals surface area contributed by atoms with Crippen LogP contribution in [0, 0.1) is 0 Å². The van der Waals surface area contributed by atoms with Gasteiger partial charge in [-0.15, -0.1) is 0 Å². The third kappa shape index (κ3) is 3.97. The molecular weight excluding hydrogens is 445 g/mol. The average Bonchev–Trinajstić information content (AvgIpc) is 3.19. The number of carbonyl (C=O) groups excluding carboxylic acids is 1. The van der Waals surface area contributed by atoms with Crippen LogP contribution in [0.4, 0.5) is 13.2 Å². The molecule has 0 radical (unpaired) electrons. The maximum atomic E-state index is 13.4. The minimum Gasteiger partial charge on any atom is -0.355 e. The normalized spacial score (nSPS) is 16.4. The topological polar surface area (TPSA) is 83.8 Å². The number of alkyl halides is 3. The summed E-state index contributed by atoms with van der Waals surface area (Å²) < 4.78 is 68.4. The van der Waals surface area contributed by atoms with Crippen molar-refractivity contribution in [2.75, 3.05) is 20.1 Å². The number of sulfonamides is 1. The van der Waals surface area contributed by atoms with E-state index in [0.29, 0.717) is 25.9 Å². The highest BCUT2D eigenvalue weighted by Gasteiger charge is 2.40. The van der Waals surface area contributed by atoms with E-state index in [2.05, 4.69) is 10.4 Å². The van der Waals surface area contributed by atoms with Gasteiger partial charge in [-0.1, -0.05) is 18.2 Å². The van der Waals surface area contributed by atoms with Crippen LogP contribution >= 0.6 is 0 Å². The summed E-state index contributed by atoms with van der Waals surface area (Å²) in [6, 6.07) is 11.4. The number of hydrogen-bond donors (Lipinski definition) is 1. The number of nitrogens with one attached hydrogen (secondary N) is 1. The molecule has 0 atom stereocenters. The molecule has 1 saturated heterocycles. The summed E-state index contributed by atoms with van der Waals surface area (Å²) in [7, 11) is -2.33. The smallest absolute Gasteiger partial charge is 0.355 e. The van der Waals surface area contributed by atoms with Gasteiger partial charge in [0.2, 0.25) is 10.0 Å². The number of aromatic nitrogens is 2. The number of benzene rings is 1. The lowest BCUT2D eigenvalue weighted by Crippen LogP contribution is -2.37. The molecule has 7 nitrogen and oxygen atoms in total. The Kier molecular flexibility index (Phi) is 5.72. The van der Waals surface area contributed by atoms with Crippen LogP contribution in [0.15, 0.2) is 53.6 Å². The Hall–Kier alpha value is -2.92. The zero-order chi connectivity index (χ0) is 23.1. The lowest BCUT2D eigenvalue weighted by molar-refractivity contribution is -0.141. The van der Waals surface area contributed by atoms with Gasteiger partial charge in [-0.25, -0.2) is 12.9 Å². The Morgan fingerprint density at radius 3 is 2.38 bits per heavy atom. The Bertz CT molecular complexity index is 1250. The van der Waals surface area contributed by atoms with E-state index in [-0.39, 0.29) is 16.3 Å². The number of fused-ring (bicyclic) bond motifs is 1. The first-order valence-electron chi connectivity index (χ1n) is 9.99. The molecular formula is C21H21F3N4O3S. The Morgan fingerprint density at radius 2 is 1.78 bits per heavy atom. The van der Waals surface area contributed by atoms with E-state index in [1.807, 2.05) is 0 Å². The Balaban J connectivity index is 1.61. The molecule has 170 valence electrons. The number of carbonyl (C=O) groups is 1. The molecule has 4 rings (SSSR count). The molecule has 1 amide bonds. The van der Waals surface area contributed by atoms with Crippen molar-refractivity contribution in [3.8, 4) is 0 Å². The molecule has 3 heterocycles. The van der Waals surface area contributed by atoms with Crippen LogP contribution in [0.2, 0.25) is 0 Å². The van der Waals surface area contributed by atoms with Gasteiger partial charge in [0.05, 0.1) is 16.0 Å². The van der Waals surface area contributed by atoms with Gasteiger partial charge in [0.15, 0.2) is 5.69 Å². The summed E-state index contributed by atoms with van der Waals surface area (Å²) in [5, 5.41) is 5.80. The molecule has 1 aliphatic heterocycles. The van der Waals surface area contributed by atoms with Crippen LogP contribution in [0.1, 0.15) is 40.4 Å². The molecule has 1 fully saturated rings. The molecule has 11 heteroatoms. The monoisotopic (exact) mass is 466 g/mol. The first-order chi connectivity index (χ1) is 15.1. The SMILES string of the molecule is CNC(=O)c1c(C(F)(F)F)nn2ccc(C3CCN(S(=O)(=O)c4ccccc4)CC3)cc12. The predicted molar refractivity (Wildman–Crippen MR) is 111 cm³/mol. The van der Waals surface area contributed by atoms with Crippen LogP contribution in [0.25, 0.3) is 5.52 Å². The van der Waals surface area contributed by atoms with E-state index >= 15 is 0 Å². The standard InChI is InChI=1S/C21H21F3N4O3S/c1-25-20(29)18-17-13-15(9-12-28(17)26-19(18)21(22,23)24)14-7-10-27(11-8-14)32(30,31)16-5-3-2-4-6-16/h2-6,9,12-14H,7-8,10-11H2,1H3,(H,25,29). The first kappa shape index (κ1) is 22.3. The number of rotatable bonds is 4. The van der Waals surface area contributed by atoms with Gasteiger partial charge in [-0.2, -0.15) is 22.6 Å². The highest BCUT2D eigenvalue weighted by molar-refractivity contribution is 7.89. The predicted octanol–water partition coefficient (Wildman–Crippen LogP) is 3.28. The third-order valence-electron chi connectivity index (χ3n) is 5.69. The second-order valence-electron chi connectivity index (χ2n) is 7.58. The van der Waals surface area contributed by atoms with Crippen molar-refractivity contribution in [1.82, 2.24) is 19.2 Å². The second kappa shape index (κ2) is 8.21. The Morgan fingerprint density at radius 1 is 1.12 bits per heavy atom. The minimum atomic E-state index is -4.77. The largest absolute Gasteiger partial charge is 0.436 e. The fourth-order valence-corrected chi connectivity index (χ4v) is 5.53. The van der Waals surface area contributed by atoms with E-state index in [0.717, 1.165) is 10.1 Å². The molecule has 32 heavy (non-hydrogen) atoms. The fourth-order valence-electron chi connectivity index (χ4n) is 4.03. The van der Waals surface area contributed by atoms with Crippen molar-refractivity contribution in [2.45, 2.75) is 29.8 Å². The van der Waals surface area contributed by atoms with E-state index in [9.17, 15) is 26.4 Å². The molecule has 0 spiro atoms. The highest BCUT2D eigenvalue weighted by Crippen LogP contribution is 2.35. The summed E-state index contributed by atoms with van der Waals surface area (Å²) in [4.78, 5) is 12.4. The van der Waals surface area contributed by atoms with Crippen molar-refractivity contribution in [1.29, 1.82) is 0 Å². The van der Waals surface area contributed by atoms with E-state index in [1.54, 1.807) is 42.5 Å². The quantitative estimate of drug-likeness (QED) is 0.640. The number of nitrogens with zero attached hydrogens (tertiary/aromatic N) is 3. The van der Waals surface area contributed by atoms with Crippen molar-refractivity contribution < 1.29 is 26.4 Å². The molecule has 0 saturated carbocycles. The molecule has 1 N–H and O–H groups in total. The van der Waals surface area contributed by atoms with Crippen LogP contribution in [0.3, 0.4) is 0 Å². The molecule has 3 aromatic rings. The molecule has 2 aromatic heterocycles. The lowest BCUT2D eigenvalue weighted by Gasteiger charge is -2.31. The van der Waals surface area contributed by atoms with E-state index in [1.165, 1.54) is 17.5 Å². The summed E-state index contributed by atoms with van der Waals surface area (Å²) in [6.45, 7) is 0.588. The summed E-state index contributed by atoms with van der Waals surface area (Å²) >= 11 is 0. The van der Waals surface area contributed by atoms with Gasteiger partial charge >= 0.3 is 6.18 Å². The maximum absolute atomic E-state index is 13.4. The van der Waals surface area contributed by atoms with Gasteiger partial charge in [0.1, 0.15) is 0 Å². The molecule has 0 unspecified atom stereocenters. The van der Waals surface area contributed by atoms with E-state index < -0.39 is 33.4 Å². The van der Waals surface area contributed by atoms with Crippen molar-refractivity contribution in [2.24, 2.45) is 0 Å². The lowest BCUT2D eigenvalue weighted by atomic mass is 9.90. The second-order valence-corrected chi connectivity index (χ2v) is 9.52. The summed E-state index contributed by atoms with van der Waals surface area (Å²) in [5.74, 6) is -0.919.